The summed E-state index contributed by atoms with van der Waals surface area (Å²) in [5.74, 6) is 0. The summed E-state index contributed by atoms with van der Waals surface area (Å²) in [4.78, 5) is 4.69. The number of nitrogens with one attached hydrogen (secondary N) is 1. The second-order valence-electron chi connectivity index (χ2n) is 4.27. The molecule has 1 heterocycles. The number of hydrogen-bond donors (Lipinski definition) is 1. The van der Waals surface area contributed by atoms with E-state index in [0.29, 0.717) is 0 Å². The van der Waals surface area contributed by atoms with Crippen LogP contribution in [-0.2, 0) is 0 Å². The van der Waals surface area contributed by atoms with Crippen molar-refractivity contribution >= 4 is 27.5 Å². The van der Waals surface area contributed by atoms with Crippen molar-refractivity contribution in [3.8, 4) is 0 Å². The summed E-state index contributed by atoms with van der Waals surface area (Å²) in [6, 6.07) is 14.6. The van der Waals surface area contributed by atoms with Gasteiger partial charge in [-0.25, -0.2) is 4.98 Å². The van der Waals surface area contributed by atoms with Crippen molar-refractivity contribution in [2.45, 2.75) is 6.92 Å². The van der Waals surface area contributed by atoms with Crippen LogP contribution in [0, 0.1) is 6.92 Å². The molecule has 0 bridgehead atoms. The molecule has 17 heavy (non-hydrogen) atoms. The van der Waals surface area contributed by atoms with E-state index in [2.05, 4.69) is 47.6 Å². The third-order valence-electron chi connectivity index (χ3n) is 3.09. The average Bonchev–Trinajstić information content (AvgIpc) is 2.36. The van der Waals surface area contributed by atoms with E-state index < -0.39 is 0 Å². The first kappa shape index (κ1) is 10.1. The molecule has 1 N–H and O–H groups in total. The maximum Gasteiger partial charge on any atom is 0.0730 e. The van der Waals surface area contributed by atoms with Gasteiger partial charge in [-0.3, -0.25) is 0 Å². The highest BCUT2D eigenvalue weighted by Crippen LogP contribution is 2.30. The molecule has 0 atom stereocenters. The summed E-state index contributed by atoms with van der Waals surface area (Å²) in [6.07, 6.45) is 0. The SMILES string of the molecule is CNc1c2ccccc2nc2ccc(C)cc12. The molecule has 3 rings (SSSR count). The van der Waals surface area contributed by atoms with Crippen LogP contribution in [0.4, 0.5) is 5.69 Å². The number of nitrogens with zero attached hydrogens (tertiary/aromatic N) is 1. The van der Waals surface area contributed by atoms with Gasteiger partial charge in [-0.05, 0) is 25.1 Å². The van der Waals surface area contributed by atoms with Crippen LogP contribution < -0.4 is 5.32 Å². The topological polar surface area (TPSA) is 24.9 Å². The van der Waals surface area contributed by atoms with E-state index in [0.717, 1.165) is 16.7 Å². The van der Waals surface area contributed by atoms with Gasteiger partial charge in [0, 0.05) is 17.8 Å². The maximum atomic E-state index is 4.69. The lowest BCUT2D eigenvalue weighted by molar-refractivity contribution is 1.44. The lowest BCUT2D eigenvalue weighted by Gasteiger charge is -2.10. The first-order chi connectivity index (χ1) is 8.29. The van der Waals surface area contributed by atoms with Crippen molar-refractivity contribution in [3.05, 3.63) is 48.0 Å². The molecule has 0 unspecified atom stereocenters. The van der Waals surface area contributed by atoms with Gasteiger partial charge in [-0.15, -0.1) is 0 Å². The number of pyridine rings is 1. The van der Waals surface area contributed by atoms with E-state index >= 15 is 0 Å². The fourth-order valence-electron chi connectivity index (χ4n) is 2.27. The number of anilines is 1. The Labute approximate surface area is 100 Å². The fourth-order valence-corrected chi connectivity index (χ4v) is 2.27. The van der Waals surface area contributed by atoms with Crippen molar-refractivity contribution in [2.24, 2.45) is 0 Å². The molecule has 2 nitrogen and oxygen atoms in total. The second kappa shape index (κ2) is 3.74. The molecule has 0 aliphatic heterocycles. The molecular weight excluding hydrogens is 208 g/mol. The summed E-state index contributed by atoms with van der Waals surface area (Å²) in [6.45, 7) is 2.11. The van der Waals surface area contributed by atoms with Gasteiger partial charge < -0.3 is 5.32 Å². The van der Waals surface area contributed by atoms with Crippen LogP contribution in [0.5, 0.6) is 0 Å². The Balaban J connectivity index is 2.54. The molecule has 84 valence electrons. The number of aromatic nitrogens is 1. The van der Waals surface area contributed by atoms with E-state index in [4.69, 9.17) is 0 Å². The van der Waals surface area contributed by atoms with Gasteiger partial charge in [0.2, 0.25) is 0 Å². The van der Waals surface area contributed by atoms with Gasteiger partial charge in [0.15, 0.2) is 0 Å². The molecule has 2 heteroatoms. The fraction of sp³-hybridized carbons (Fsp3) is 0.133. The third-order valence-corrected chi connectivity index (χ3v) is 3.09. The smallest absolute Gasteiger partial charge is 0.0730 e. The minimum Gasteiger partial charge on any atom is -0.387 e. The van der Waals surface area contributed by atoms with Gasteiger partial charge in [0.25, 0.3) is 0 Å². The highest BCUT2D eigenvalue weighted by Gasteiger charge is 2.07. The predicted molar refractivity (Wildman–Crippen MR) is 73.5 cm³/mol. The summed E-state index contributed by atoms with van der Waals surface area (Å²) >= 11 is 0. The molecule has 0 radical (unpaired) electrons. The number of aryl methyl sites for hydroxylation is 1. The summed E-state index contributed by atoms with van der Waals surface area (Å²) in [7, 11) is 1.96. The van der Waals surface area contributed by atoms with Gasteiger partial charge in [-0.2, -0.15) is 0 Å². The quantitative estimate of drug-likeness (QED) is 0.634. The minimum atomic E-state index is 1.04. The Kier molecular flexibility index (Phi) is 2.22. The molecule has 0 aliphatic rings. The van der Waals surface area contributed by atoms with Crippen molar-refractivity contribution in [1.29, 1.82) is 0 Å². The summed E-state index contributed by atoms with van der Waals surface area (Å²) in [5.41, 5.74) is 4.49. The molecule has 0 fully saturated rings. The summed E-state index contributed by atoms with van der Waals surface area (Å²) in [5, 5.41) is 5.66. The standard InChI is InChI=1S/C15H14N2/c1-10-7-8-14-12(9-10)15(16-2)11-5-3-4-6-13(11)17-14/h3-9H,1-2H3,(H,16,17). The number of hydrogen-bond acceptors (Lipinski definition) is 2. The zero-order valence-electron chi connectivity index (χ0n) is 9.99. The van der Waals surface area contributed by atoms with Crippen molar-refractivity contribution in [2.75, 3.05) is 12.4 Å². The highest BCUT2D eigenvalue weighted by molar-refractivity contribution is 6.07. The Bertz CT molecular complexity index is 702. The molecule has 0 saturated heterocycles. The minimum absolute atomic E-state index is 1.04. The number of fused-ring (bicyclic) bond motifs is 2. The predicted octanol–water partition coefficient (Wildman–Crippen LogP) is 3.74. The molecule has 0 amide bonds. The lowest BCUT2D eigenvalue weighted by atomic mass is 10.1. The van der Waals surface area contributed by atoms with Crippen molar-refractivity contribution in [1.82, 2.24) is 4.98 Å². The number of rotatable bonds is 1. The molecule has 0 spiro atoms. The van der Waals surface area contributed by atoms with Gasteiger partial charge >= 0.3 is 0 Å². The summed E-state index contributed by atoms with van der Waals surface area (Å²) < 4.78 is 0. The van der Waals surface area contributed by atoms with E-state index in [-0.39, 0.29) is 0 Å². The monoisotopic (exact) mass is 222 g/mol. The van der Waals surface area contributed by atoms with Crippen LogP contribution in [-0.4, -0.2) is 12.0 Å². The third kappa shape index (κ3) is 1.53. The Morgan fingerprint density at radius 2 is 1.71 bits per heavy atom. The molecule has 0 aliphatic carbocycles. The number of benzene rings is 2. The van der Waals surface area contributed by atoms with Crippen molar-refractivity contribution in [3.63, 3.8) is 0 Å². The molecule has 1 aromatic heterocycles. The average molecular weight is 222 g/mol. The van der Waals surface area contributed by atoms with Crippen LogP contribution in [0.1, 0.15) is 5.56 Å². The zero-order chi connectivity index (χ0) is 11.8. The lowest BCUT2D eigenvalue weighted by Crippen LogP contribution is -1.94. The van der Waals surface area contributed by atoms with Gasteiger partial charge in [0.1, 0.15) is 0 Å². The number of para-hydroxylation sites is 1. The Morgan fingerprint density at radius 3 is 2.53 bits per heavy atom. The molecule has 3 aromatic rings. The van der Waals surface area contributed by atoms with Gasteiger partial charge in [-0.1, -0.05) is 29.8 Å². The normalized spacial score (nSPS) is 10.9. The maximum absolute atomic E-state index is 4.69. The van der Waals surface area contributed by atoms with Crippen LogP contribution >= 0.6 is 0 Å². The molecule has 0 saturated carbocycles. The van der Waals surface area contributed by atoms with Gasteiger partial charge in [0.05, 0.1) is 16.7 Å². The van der Waals surface area contributed by atoms with E-state index in [1.165, 1.54) is 16.3 Å². The van der Waals surface area contributed by atoms with Crippen LogP contribution in [0.15, 0.2) is 42.5 Å². The first-order valence-electron chi connectivity index (χ1n) is 5.76. The highest BCUT2D eigenvalue weighted by atomic mass is 14.8. The molecular formula is C15H14N2. The van der Waals surface area contributed by atoms with Crippen LogP contribution in [0.2, 0.25) is 0 Å². The van der Waals surface area contributed by atoms with Crippen molar-refractivity contribution < 1.29 is 0 Å². The zero-order valence-corrected chi connectivity index (χ0v) is 9.99. The first-order valence-corrected chi connectivity index (χ1v) is 5.76. The van der Waals surface area contributed by atoms with E-state index in [1.807, 2.05) is 19.2 Å². The van der Waals surface area contributed by atoms with E-state index in [9.17, 15) is 0 Å². The largest absolute Gasteiger partial charge is 0.387 e. The van der Waals surface area contributed by atoms with Crippen LogP contribution in [0.25, 0.3) is 21.8 Å². The van der Waals surface area contributed by atoms with E-state index in [1.54, 1.807) is 0 Å². The second-order valence-corrected chi connectivity index (χ2v) is 4.27. The van der Waals surface area contributed by atoms with Crippen LogP contribution in [0.3, 0.4) is 0 Å². The molecule has 2 aromatic carbocycles. The Hall–Kier alpha value is -2.09. The Morgan fingerprint density at radius 1 is 0.941 bits per heavy atom.